The van der Waals surface area contributed by atoms with Crippen molar-refractivity contribution in [3.63, 3.8) is 0 Å². The number of rotatable bonds is 4. The number of aliphatic hydroxyl groups is 1. The molecule has 1 heterocycles. The number of aliphatic hydroxyl groups excluding tert-OH is 1. The van der Waals surface area contributed by atoms with E-state index in [9.17, 15) is 9.90 Å². The molecule has 17 heavy (non-hydrogen) atoms. The highest BCUT2D eigenvalue weighted by Gasteiger charge is 2.28. The minimum atomic E-state index is -0.208. The Morgan fingerprint density at radius 2 is 2.00 bits per heavy atom. The van der Waals surface area contributed by atoms with Crippen LogP contribution in [0.25, 0.3) is 0 Å². The van der Waals surface area contributed by atoms with Gasteiger partial charge in [0, 0.05) is 19.6 Å². The highest BCUT2D eigenvalue weighted by atomic mass is 16.3. The topological polar surface area (TPSA) is 40.5 Å². The van der Waals surface area contributed by atoms with Crippen molar-refractivity contribution in [2.24, 2.45) is 0 Å². The van der Waals surface area contributed by atoms with Crippen LogP contribution >= 0.6 is 0 Å². The summed E-state index contributed by atoms with van der Waals surface area (Å²) in [6.07, 6.45) is -0.208. The average Bonchev–Trinajstić information content (AvgIpc) is 2.24. The Balaban J connectivity index is 2.06. The quantitative estimate of drug-likeness (QED) is 0.853. The van der Waals surface area contributed by atoms with Gasteiger partial charge in [-0.25, -0.2) is 0 Å². The minimum Gasteiger partial charge on any atom is -0.390 e. The van der Waals surface area contributed by atoms with Gasteiger partial charge in [-0.05, 0) is 19.4 Å². The van der Waals surface area contributed by atoms with E-state index in [1.807, 2.05) is 31.2 Å². The van der Waals surface area contributed by atoms with Gasteiger partial charge in [-0.15, -0.1) is 0 Å². The highest BCUT2D eigenvalue weighted by molar-refractivity contribution is 5.83. The SMILES string of the molecule is CC(=O)[C@@H](CN1CC(O)C1)c1ccc(C)cc1. The molecule has 2 rings (SSSR count). The molecule has 1 atom stereocenters. The zero-order valence-electron chi connectivity index (χ0n) is 10.4. The smallest absolute Gasteiger partial charge is 0.138 e. The van der Waals surface area contributed by atoms with Gasteiger partial charge in [0.05, 0.1) is 12.0 Å². The predicted molar refractivity (Wildman–Crippen MR) is 67.0 cm³/mol. The predicted octanol–water partition coefficient (Wildman–Crippen LogP) is 1.34. The Morgan fingerprint density at radius 3 is 2.47 bits per heavy atom. The average molecular weight is 233 g/mol. The fourth-order valence-electron chi connectivity index (χ4n) is 2.22. The Kier molecular flexibility index (Phi) is 3.60. The van der Waals surface area contributed by atoms with Crippen molar-refractivity contribution in [2.45, 2.75) is 25.9 Å². The molecule has 1 aliphatic rings. The number of carbonyl (C=O) groups excluding carboxylic acids is 1. The summed E-state index contributed by atoms with van der Waals surface area (Å²) in [4.78, 5) is 13.8. The number of nitrogens with zero attached hydrogens (tertiary/aromatic N) is 1. The molecule has 1 fully saturated rings. The monoisotopic (exact) mass is 233 g/mol. The number of carbonyl (C=O) groups is 1. The first kappa shape index (κ1) is 12.3. The van der Waals surface area contributed by atoms with E-state index in [1.165, 1.54) is 5.56 Å². The van der Waals surface area contributed by atoms with Crippen LogP contribution in [0.4, 0.5) is 0 Å². The second-order valence-corrected chi connectivity index (χ2v) is 4.95. The van der Waals surface area contributed by atoms with Crippen LogP contribution in [-0.4, -0.2) is 41.5 Å². The van der Waals surface area contributed by atoms with Crippen molar-refractivity contribution in [3.05, 3.63) is 35.4 Å². The van der Waals surface area contributed by atoms with Crippen LogP contribution in [0.5, 0.6) is 0 Å². The Bertz CT molecular complexity index is 393. The number of β-amino-alcohol motifs (C(OH)–C–C–N with tert-alkyl or cyclic N) is 1. The van der Waals surface area contributed by atoms with Gasteiger partial charge in [-0.3, -0.25) is 9.69 Å². The zero-order valence-corrected chi connectivity index (χ0v) is 10.4. The van der Waals surface area contributed by atoms with Crippen molar-refractivity contribution in [2.75, 3.05) is 19.6 Å². The highest BCUT2D eigenvalue weighted by Crippen LogP contribution is 2.21. The third kappa shape index (κ3) is 2.93. The summed E-state index contributed by atoms with van der Waals surface area (Å²) in [6, 6.07) is 8.13. The van der Waals surface area contributed by atoms with E-state index >= 15 is 0 Å². The van der Waals surface area contributed by atoms with Gasteiger partial charge in [-0.1, -0.05) is 29.8 Å². The van der Waals surface area contributed by atoms with Crippen molar-refractivity contribution in [3.8, 4) is 0 Å². The summed E-state index contributed by atoms with van der Waals surface area (Å²) < 4.78 is 0. The van der Waals surface area contributed by atoms with Crippen LogP contribution in [0.2, 0.25) is 0 Å². The van der Waals surface area contributed by atoms with Crippen LogP contribution in [-0.2, 0) is 4.79 Å². The summed E-state index contributed by atoms with van der Waals surface area (Å²) >= 11 is 0. The molecule has 0 saturated carbocycles. The second-order valence-electron chi connectivity index (χ2n) is 4.95. The summed E-state index contributed by atoms with van der Waals surface area (Å²) in [5.41, 5.74) is 2.28. The van der Waals surface area contributed by atoms with Crippen LogP contribution in [0.3, 0.4) is 0 Å². The number of Topliss-reactive ketones (excluding diaryl/α,β-unsaturated/α-hetero) is 1. The van der Waals surface area contributed by atoms with Crippen molar-refractivity contribution >= 4 is 5.78 Å². The van der Waals surface area contributed by atoms with Crippen molar-refractivity contribution in [1.82, 2.24) is 4.90 Å². The molecule has 92 valence electrons. The Morgan fingerprint density at radius 1 is 1.41 bits per heavy atom. The van der Waals surface area contributed by atoms with E-state index in [2.05, 4.69) is 4.90 Å². The molecule has 1 aromatic carbocycles. The lowest BCUT2D eigenvalue weighted by Crippen LogP contribution is -2.52. The Hall–Kier alpha value is -1.19. The van der Waals surface area contributed by atoms with E-state index in [0.717, 1.165) is 12.1 Å². The first-order valence-electron chi connectivity index (χ1n) is 6.03. The number of hydrogen-bond donors (Lipinski definition) is 1. The number of aryl methyl sites for hydroxylation is 1. The van der Waals surface area contributed by atoms with E-state index in [4.69, 9.17) is 0 Å². The van der Waals surface area contributed by atoms with Gasteiger partial charge in [0.25, 0.3) is 0 Å². The third-order valence-electron chi connectivity index (χ3n) is 3.35. The number of ketones is 1. The molecule has 1 aliphatic heterocycles. The van der Waals surface area contributed by atoms with Gasteiger partial charge >= 0.3 is 0 Å². The van der Waals surface area contributed by atoms with Gasteiger partial charge in [-0.2, -0.15) is 0 Å². The summed E-state index contributed by atoms with van der Waals surface area (Å²) in [6.45, 7) is 5.78. The lowest BCUT2D eigenvalue weighted by molar-refractivity contribution is -0.119. The molecule has 0 aromatic heterocycles. The largest absolute Gasteiger partial charge is 0.390 e. The zero-order chi connectivity index (χ0) is 12.4. The summed E-state index contributed by atoms with van der Waals surface area (Å²) in [5.74, 6) is 0.123. The molecular weight excluding hydrogens is 214 g/mol. The number of benzene rings is 1. The molecular formula is C14H19NO2. The molecule has 0 amide bonds. The molecule has 1 N–H and O–H groups in total. The molecule has 1 aromatic rings. The molecule has 1 saturated heterocycles. The molecule has 0 radical (unpaired) electrons. The van der Waals surface area contributed by atoms with Gasteiger partial charge in [0.1, 0.15) is 5.78 Å². The van der Waals surface area contributed by atoms with E-state index in [1.54, 1.807) is 6.92 Å². The first-order chi connectivity index (χ1) is 8.06. The minimum absolute atomic E-state index is 0.0666. The number of hydrogen-bond acceptors (Lipinski definition) is 3. The van der Waals surface area contributed by atoms with Crippen LogP contribution in [0.1, 0.15) is 24.0 Å². The molecule has 0 bridgehead atoms. The normalized spacial score (nSPS) is 18.8. The maximum absolute atomic E-state index is 11.7. The molecule has 0 unspecified atom stereocenters. The summed E-state index contributed by atoms with van der Waals surface area (Å²) in [7, 11) is 0. The summed E-state index contributed by atoms with van der Waals surface area (Å²) in [5, 5.41) is 9.25. The second kappa shape index (κ2) is 4.98. The van der Waals surface area contributed by atoms with E-state index in [0.29, 0.717) is 13.1 Å². The van der Waals surface area contributed by atoms with Gasteiger partial charge in [0.2, 0.25) is 0 Å². The fraction of sp³-hybridized carbons (Fsp3) is 0.500. The first-order valence-corrected chi connectivity index (χ1v) is 6.03. The molecule has 3 heteroatoms. The van der Waals surface area contributed by atoms with Crippen LogP contribution in [0.15, 0.2) is 24.3 Å². The number of likely N-dealkylation sites (tertiary alicyclic amines) is 1. The van der Waals surface area contributed by atoms with Gasteiger partial charge in [0.15, 0.2) is 0 Å². The van der Waals surface area contributed by atoms with E-state index in [-0.39, 0.29) is 17.8 Å². The maximum atomic E-state index is 11.7. The van der Waals surface area contributed by atoms with Crippen molar-refractivity contribution in [1.29, 1.82) is 0 Å². The van der Waals surface area contributed by atoms with Gasteiger partial charge < -0.3 is 5.11 Å². The molecule has 0 spiro atoms. The third-order valence-corrected chi connectivity index (χ3v) is 3.35. The van der Waals surface area contributed by atoms with Crippen molar-refractivity contribution < 1.29 is 9.90 Å². The van der Waals surface area contributed by atoms with Crippen LogP contribution < -0.4 is 0 Å². The Labute approximate surface area is 102 Å². The van der Waals surface area contributed by atoms with Crippen LogP contribution in [0, 0.1) is 6.92 Å². The van der Waals surface area contributed by atoms with E-state index < -0.39 is 0 Å². The molecule has 3 nitrogen and oxygen atoms in total. The lowest BCUT2D eigenvalue weighted by Gasteiger charge is -2.37. The maximum Gasteiger partial charge on any atom is 0.138 e. The fourth-order valence-corrected chi connectivity index (χ4v) is 2.22. The molecule has 0 aliphatic carbocycles. The lowest BCUT2D eigenvalue weighted by atomic mass is 9.93. The standard InChI is InChI=1S/C14H19NO2/c1-10-3-5-12(6-4-10)14(11(2)16)9-15-7-13(17)8-15/h3-6,13-14,17H,7-9H2,1-2H3/t14-/m1/s1.